The minimum Gasteiger partial charge on any atom is -0.338 e. The topological polar surface area (TPSA) is 58.4 Å². The predicted octanol–water partition coefficient (Wildman–Crippen LogP) is 4.64. The zero-order valence-electron chi connectivity index (χ0n) is 19.4. The molecule has 0 N–H and O–H groups in total. The van der Waals surface area contributed by atoms with Gasteiger partial charge < -0.3 is 9.80 Å². The van der Waals surface area contributed by atoms with E-state index < -0.39 is 0 Å². The third-order valence-corrected chi connectivity index (χ3v) is 7.27. The molecule has 1 aromatic heterocycles. The predicted molar refractivity (Wildman–Crippen MR) is 131 cm³/mol. The molecule has 6 nitrogen and oxygen atoms in total. The molecule has 1 saturated heterocycles. The Kier molecular flexibility index (Phi) is 5.13. The van der Waals surface area contributed by atoms with E-state index in [-0.39, 0.29) is 23.7 Å². The van der Waals surface area contributed by atoms with Crippen molar-refractivity contribution in [3.8, 4) is 11.3 Å². The number of rotatable bonds is 3. The fraction of sp³-hybridized carbons (Fsp3) is 0.250. The smallest absolute Gasteiger partial charge is 0.256 e. The number of piperidine rings is 1. The fourth-order valence-electron chi connectivity index (χ4n) is 5.48. The fourth-order valence-corrected chi connectivity index (χ4v) is 5.48. The molecule has 176 valence electrons. The van der Waals surface area contributed by atoms with Crippen molar-refractivity contribution < 1.29 is 14.0 Å². The van der Waals surface area contributed by atoms with E-state index in [9.17, 15) is 14.0 Å². The van der Waals surface area contributed by atoms with Gasteiger partial charge in [-0.2, -0.15) is 5.10 Å². The quantitative estimate of drug-likeness (QED) is 0.440. The van der Waals surface area contributed by atoms with Crippen molar-refractivity contribution in [2.24, 2.45) is 7.05 Å². The van der Waals surface area contributed by atoms with Crippen molar-refractivity contribution in [2.45, 2.75) is 25.4 Å². The van der Waals surface area contributed by atoms with Gasteiger partial charge in [0.2, 0.25) is 0 Å². The summed E-state index contributed by atoms with van der Waals surface area (Å²) in [7, 11) is 1.78. The zero-order chi connectivity index (χ0) is 24.1. The minimum absolute atomic E-state index is 0.0619. The average molecular weight is 469 g/mol. The van der Waals surface area contributed by atoms with Crippen LogP contribution in [0.3, 0.4) is 0 Å². The SMILES string of the molecule is Cn1nc(-c2ccccc2F)c2cccc(C(=O)N3CCC(N4Cc5ccccc5C4=O)CC3)c21. The van der Waals surface area contributed by atoms with Crippen molar-refractivity contribution in [1.29, 1.82) is 0 Å². The molecule has 0 aliphatic carbocycles. The molecule has 3 heterocycles. The summed E-state index contributed by atoms with van der Waals surface area (Å²) in [6.45, 7) is 1.80. The first-order valence-corrected chi connectivity index (χ1v) is 11.9. The highest BCUT2D eigenvalue weighted by atomic mass is 19.1. The van der Waals surface area contributed by atoms with Crippen molar-refractivity contribution in [2.75, 3.05) is 13.1 Å². The number of nitrogens with zero attached hydrogens (tertiary/aromatic N) is 4. The van der Waals surface area contributed by atoms with E-state index in [1.165, 1.54) is 6.07 Å². The second-order valence-corrected chi connectivity index (χ2v) is 9.27. The Morgan fingerprint density at radius 2 is 1.66 bits per heavy atom. The van der Waals surface area contributed by atoms with E-state index in [4.69, 9.17) is 0 Å². The van der Waals surface area contributed by atoms with Gasteiger partial charge in [0.1, 0.15) is 11.5 Å². The number of carbonyl (C=O) groups excluding carboxylic acids is 2. The van der Waals surface area contributed by atoms with Gasteiger partial charge in [-0.3, -0.25) is 14.3 Å². The number of amides is 2. The zero-order valence-corrected chi connectivity index (χ0v) is 19.4. The van der Waals surface area contributed by atoms with Gasteiger partial charge in [-0.1, -0.05) is 42.5 Å². The summed E-state index contributed by atoms with van der Waals surface area (Å²) in [5.41, 5.74) is 4.07. The molecule has 6 rings (SSSR count). The summed E-state index contributed by atoms with van der Waals surface area (Å²) in [6.07, 6.45) is 1.49. The van der Waals surface area contributed by atoms with Crippen molar-refractivity contribution in [1.82, 2.24) is 19.6 Å². The summed E-state index contributed by atoms with van der Waals surface area (Å²) in [5, 5.41) is 5.31. The third kappa shape index (κ3) is 3.50. The van der Waals surface area contributed by atoms with Gasteiger partial charge in [-0.25, -0.2) is 4.39 Å². The lowest BCUT2D eigenvalue weighted by molar-refractivity contribution is 0.0535. The molecule has 0 radical (unpaired) electrons. The second-order valence-electron chi connectivity index (χ2n) is 9.27. The molecule has 3 aromatic carbocycles. The maximum Gasteiger partial charge on any atom is 0.256 e. The van der Waals surface area contributed by atoms with Gasteiger partial charge in [0.05, 0.1) is 11.1 Å². The number of hydrogen-bond donors (Lipinski definition) is 0. The van der Waals surface area contributed by atoms with Gasteiger partial charge in [0.25, 0.3) is 11.8 Å². The molecule has 2 amide bonds. The van der Waals surface area contributed by atoms with Crippen LogP contribution in [-0.4, -0.2) is 50.5 Å². The molecule has 0 bridgehead atoms. The van der Waals surface area contributed by atoms with Gasteiger partial charge in [0.15, 0.2) is 0 Å². The Labute approximate surface area is 202 Å². The molecular weight excluding hydrogens is 443 g/mol. The Morgan fingerprint density at radius 1 is 0.943 bits per heavy atom. The number of halogens is 1. The van der Waals surface area contributed by atoms with E-state index in [0.717, 1.165) is 29.4 Å². The lowest BCUT2D eigenvalue weighted by atomic mass is 10.0. The number of carbonyl (C=O) groups is 2. The standard InChI is InChI=1S/C28H25FN4O2/c1-31-26-22(25(30-31)21-9-4-5-12-24(21)29)10-6-11-23(26)27(34)32-15-13-19(14-16-32)33-17-18-7-2-3-8-20(18)28(33)35/h2-12,19H,13-17H2,1H3. The van der Waals surface area contributed by atoms with Crippen LogP contribution in [0.2, 0.25) is 0 Å². The molecule has 2 aliphatic heterocycles. The largest absolute Gasteiger partial charge is 0.338 e. The maximum atomic E-state index is 14.5. The monoisotopic (exact) mass is 468 g/mol. The number of para-hydroxylation sites is 1. The lowest BCUT2D eigenvalue weighted by Crippen LogP contribution is -2.46. The molecule has 0 atom stereocenters. The maximum absolute atomic E-state index is 14.5. The molecule has 0 spiro atoms. The Hall–Kier alpha value is -4.00. The first-order chi connectivity index (χ1) is 17.0. The van der Waals surface area contributed by atoms with Crippen LogP contribution >= 0.6 is 0 Å². The van der Waals surface area contributed by atoms with Gasteiger partial charge in [-0.15, -0.1) is 0 Å². The van der Waals surface area contributed by atoms with E-state index in [1.807, 2.05) is 52.3 Å². The number of hydrogen-bond acceptors (Lipinski definition) is 3. The Morgan fingerprint density at radius 3 is 2.40 bits per heavy atom. The number of fused-ring (bicyclic) bond motifs is 2. The third-order valence-electron chi connectivity index (χ3n) is 7.27. The number of aromatic nitrogens is 2. The van der Waals surface area contributed by atoms with E-state index in [2.05, 4.69) is 5.10 Å². The first-order valence-electron chi connectivity index (χ1n) is 11.9. The molecule has 2 aliphatic rings. The first kappa shape index (κ1) is 21.5. The van der Waals surface area contributed by atoms with Crippen LogP contribution in [0.5, 0.6) is 0 Å². The highest BCUT2D eigenvalue weighted by Gasteiger charge is 2.35. The molecule has 4 aromatic rings. The van der Waals surface area contributed by atoms with E-state index in [0.29, 0.717) is 42.0 Å². The van der Waals surface area contributed by atoms with Crippen LogP contribution in [0.15, 0.2) is 66.7 Å². The molecule has 7 heteroatoms. The molecule has 1 fully saturated rings. The van der Waals surface area contributed by atoms with Gasteiger partial charge in [0, 0.05) is 49.2 Å². The Bertz CT molecular complexity index is 1470. The molecular formula is C28H25FN4O2. The Balaban J connectivity index is 1.23. The highest BCUT2D eigenvalue weighted by molar-refractivity contribution is 6.09. The van der Waals surface area contributed by atoms with Crippen LogP contribution < -0.4 is 0 Å². The van der Waals surface area contributed by atoms with Crippen LogP contribution in [0, 0.1) is 5.82 Å². The van der Waals surface area contributed by atoms with Crippen molar-refractivity contribution in [3.05, 3.63) is 89.2 Å². The summed E-state index contributed by atoms with van der Waals surface area (Å²) in [5.74, 6) is -0.316. The van der Waals surface area contributed by atoms with Crippen molar-refractivity contribution >= 4 is 22.7 Å². The number of aryl methyl sites for hydroxylation is 1. The molecule has 35 heavy (non-hydrogen) atoms. The van der Waals surface area contributed by atoms with Crippen LogP contribution in [0.1, 0.15) is 39.1 Å². The summed E-state index contributed by atoms with van der Waals surface area (Å²) < 4.78 is 16.2. The van der Waals surface area contributed by atoms with Crippen LogP contribution in [0.25, 0.3) is 22.2 Å². The van der Waals surface area contributed by atoms with Crippen molar-refractivity contribution in [3.63, 3.8) is 0 Å². The summed E-state index contributed by atoms with van der Waals surface area (Å²) >= 11 is 0. The average Bonchev–Trinajstić information content (AvgIpc) is 3.41. The summed E-state index contributed by atoms with van der Waals surface area (Å²) in [4.78, 5) is 30.3. The molecule has 0 saturated carbocycles. The van der Waals surface area contributed by atoms with Crippen LogP contribution in [-0.2, 0) is 13.6 Å². The molecule has 0 unspecified atom stereocenters. The second kappa shape index (κ2) is 8.34. The van der Waals surface area contributed by atoms with E-state index >= 15 is 0 Å². The summed E-state index contributed by atoms with van der Waals surface area (Å²) in [6, 6.07) is 20.0. The minimum atomic E-state index is -0.343. The number of likely N-dealkylation sites (tertiary alicyclic amines) is 1. The van der Waals surface area contributed by atoms with Gasteiger partial charge in [-0.05, 0) is 42.7 Å². The van der Waals surface area contributed by atoms with E-state index in [1.54, 1.807) is 29.9 Å². The lowest BCUT2D eigenvalue weighted by Gasteiger charge is -2.36. The van der Waals surface area contributed by atoms with Crippen LogP contribution in [0.4, 0.5) is 4.39 Å². The van der Waals surface area contributed by atoms with Gasteiger partial charge >= 0.3 is 0 Å². The number of benzene rings is 3. The normalized spacial score (nSPS) is 16.2. The highest BCUT2D eigenvalue weighted by Crippen LogP contribution is 2.33.